The summed E-state index contributed by atoms with van der Waals surface area (Å²) in [6, 6.07) is 0. The largest absolute Gasteiger partial charge is 0.320 e. The maximum Gasteiger partial charge on any atom is 0.0690 e. The van der Waals surface area contributed by atoms with E-state index in [9.17, 15) is 0 Å². The van der Waals surface area contributed by atoms with Gasteiger partial charge in [0.05, 0.1) is 12.2 Å². The van der Waals surface area contributed by atoms with Crippen molar-refractivity contribution in [3.63, 3.8) is 0 Å². The maximum atomic E-state index is 4.07. The Hall–Kier alpha value is -0.830. The molecule has 2 N–H and O–H groups in total. The molecule has 42 valence electrons. The second-order valence-corrected chi connectivity index (χ2v) is 1.97. The van der Waals surface area contributed by atoms with Crippen molar-refractivity contribution in [3.05, 3.63) is 11.3 Å². The molecular weight excluding hydrogens is 102 g/mol. The monoisotopic (exact) mass is 109 g/mol. The molecule has 2 aliphatic heterocycles. The molecule has 2 heterocycles. The van der Waals surface area contributed by atoms with Crippen LogP contribution in [0.2, 0.25) is 0 Å². The summed E-state index contributed by atoms with van der Waals surface area (Å²) in [6.45, 7) is 1.84. The zero-order valence-corrected chi connectivity index (χ0v) is 4.44. The van der Waals surface area contributed by atoms with Crippen LogP contribution < -0.4 is 10.9 Å². The Morgan fingerprint density at radius 3 is 3.50 bits per heavy atom. The molecule has 0 aromatic carbocycles. The Morgan fingerprint density at radius 1 is 1.62 bits per heavy atom. The number of rotatable bonds is 0. The molecule has 2 aliphatic rings. The van der Waals surface area contributed by atoms with E-state index in [1.807, 2.05) is 6.21 Å². The summed E-state index contributed by atoms with van der Waals surface area (Å²) < 4.78 is 0. The van der Waals surface area contributed by atoms with E-state index >= 15 is 0 Å². The van der Waals surface area contributed by atoms with Gasteiger partial charge in [0.15, 0.2) is 0 Å². The van der Waals surface area contributed by atoms with Crippen molar-refractivity contribution < 1.29 is 0 Å². The first-order valence-corrected chi connectivity index (χ1v) is 2.67. The van der Waals surface area contributed by atoms with Crippen molar-refractivity contribution in [2.24, 2.45) is 4.99 Å². The van der Waals surface area contributed by atoms with Crippen LogP contribution in [0.4, 0.5) is 0 Å². The molecule has 0 aromatic heterocycles. The van der Waals surface area contributed by atoms with E-state index in [-0.39, 0.29) is 0 Å². The van der Waals surface area contributed by atoms with Gasteiger partial charge in [0.25, 0.3) is 0 Å². The maximum absolute atomic E-state index is 4.07. The fraction of sp³-hybridized carbons (Fsp3) is 0.400. The van der Waals surface area contributed by atoms with Gasteiger partial charge in [0.2, 0.25) is 0 Å². The van der Waals surface area contributed by atoms with Crippen molar-refractivity contribution in [2.45, 2.75) is 0 Å². The van der Waals surface area contributed by atoms with E-state index in [1.165, 1.54) is 11.3 Å². The molecule has 0 atom stereocenters. The topological polar surface area (TPSA) is 36.4 Å². The highest BCUT2D eigenvalue weighted by atomic mass is 15.4. The molecule has 8 heavy (non-hydrogen) atoms. The molecule has 3 heteroatoms. The Balaban J connectivity index is 2.33. The van der Waals surface area contributed by atoms with Crippen molar-refractivity contribution >= 4 is 6.21 Å². The van der Waals surface area contributed by atoms with Crippen LogP contribution >= 0.6 is 0 Å². The van der Waals surface area contributed by atoms with Crippen molar-refractivity contribution in [1.29, 1.82) is 0 Å². The lowest BCUT2D eigenvalue weighted by Gasteiger charge is -1.92. The number of nitrogens with one attached hydrogen (secondary N) is 2. The number of aliphatic imine (C=N–C) groups is 1. The van der Waals surface area contributed by atoms with Crippen LogP contribution in [0.5, 0.6) is 0 Å². The predicted octanol–water partition coefficient (Wildman–Crippen LogP) is -0.567. The van der Waals surface area contributed by atoms with Crippen LogP contribution in [0.1, 0.15) is 0 Å². The Labute approximate surface area is 47.5 Å². The summed E-state index contributed by atoms with van der Waals surface area (Å²) in [6.07, 6.45) is 1.87. The van der Waals surface area contributed by atoms with E-state index in [2.05, 4.69) is 15.8 Å². The van der Waals surface area contributed by atoms with Crippen LogP contribution in [0, 0.1) is 0 Å². The summed E-state index contributed by atoms with van der Waals surface area (Å²) in [5, 5.41) is 0. The lowest BCUT2D eigenvalue weighted by atomic mass is 10.3. The van der Waals surface area contributed by atoms with Crippen LogP contribution in [-0.4, -0.2) is 19.3 Å². The Morgan fingerprint density at radius 2 is 2.62 bits per heavy atom. The average molecular weight is 109 g/mol. The molecule has 0 saturated heterocycles. The van der Waals surface area contributed by atoms with E-state index < -0.39 is 0 Å². The van der Waals surface area contributed by atoms with Crippen LogP contribution in [-0.2, 0) is 0 Å². The molecule has 0 bridgehead atoms. The molecular formula is C5H7N3. The van der Waals surface area contributed by atoms with E-state index in [0.717, 1.165) is 13.1 Å². The third-order valence-corrected chi connectivity index (χ3v) is 1.41. The zero-order valence-electron chi connectivity index (χ0n) is 4.44. The molecule has 0 spiro atoms. The first-order chi connectivity index (χ1) is 3.97. The minimum absolute atomic E-state index is 0.884. The van der Waals surface area contributed by atoms with Gasteiger partial charge in [-0.2, -0.15) is 0 Å². The summed E-state index contributed by atoms with van der Waals surface area (Å²) in [4.78, 5) is 4.07. The molecule has 0 aromatic rings. The first-order valence-electron chi connectivity index (χ1n) is 2.67. The molecule has 0 aliphatic carbocycles. The zero-order chi connectivity index (χ0) is 5.40. The van der Waals surface area contributed by atoms with Gasteiger partial charge in [0, 0.05) is 12.8 Å². The van der Waals surface area contributed by atoms with Crippen LogP contribution in [0.3, 0.4) is 0 Å². The smallest absolute Gasteiger partial charge is 0.0690 e. The van der Waals surface area contributed by atoms with E-state index in [0.29, 0.717) is 0 Å². The molecule has 0 radical (unpaired) electrons. The quantitative estimate of drug-likeness (QED) is 0.437. The second-order valence-electron chi connectivity index (χ2n) is 1.97. The molecule has 0 fully saturated rings. The highest BCUT2D eigenvalue weighted by Crippen LogP contribution is 2.08. The third kappa shape index (κ3) is 0.391. The summed E-state index contributed by atoms with van der Waals surface area (Å²) in [7, 11) is 0. The minimum atomic E-state index is 0.884. The van der Waals surface area contributed by atoms with Crippen LogP contribution in [0.15, 0.2) is 16.3 Å². The number of nitrogens with zero attached hydrogens (tertiary/aromatic N) is 1. The van der Waals surface area contributed by atoms with Crippen molar-refractivity contribution in [3.8, 4) is 0 Å². The summed E-state index contributed by atoms with van der Waals surface area (Å²) >= 11 is 0. The van der Waals surface area contributed by atoms with Crippen LogP contribution in [0.25, 0.3) is 0 Å². The van der Waals surface area contributed by atoms with E-state index in [1.54, 1.807) is 0 Å². The Bertz CT molecular complexity index is 169. The molecule has 0 amide bonds. The van der Waals surface area contributed by atoms with Gasteiger partial charge >= 0.3 is 0 Å². The normalized spacial score (nSPS) is 24.0. The summed E-state index contributed by atoms with van der Waals surface area (Å²) in [5.41, 5.74) is 8.56. The Kier molecular flexibility index (Phi) is 0.676. The van der Waals surface area contributed by atoms with Crippen molar-refractivity contribution in [1.82, 2.24) is 10.9 Å². The fourth-order valence-electron chi connectivity index (χ4n) is 0.941. The summed E-state index contributed by atoms with van der Waals surface area (Å²) in [5.74, 6) is 0. The van der Waals surface area contributed by atoms with Gasteiger partial charge in [0.1, 0.15) is 0 Å². The number of hydrazine groups is 1. The second kappa shape index (κ2) is 1.32. The number of hydrogen-bond donors (Lipinski definition) is 2. The molecule has 0 saturated carbocycles. The lowest BCUT2D eigenvalue weighted by Crippen LogP contribution is -2.24. The van der Waals surface area contributed by atoms with Gasteiger partial charge in [-0.3, -0.25) is 4.99 Å². The van der Waals surface area contributed by atoms with Gasteiger partial charge in [-0.1, -0.05) is 0 Å². The highest BCUT2D eigenvalue weighted by Gasteiger charge is 2.13. The molecule has 3 nitrogen and oxygen atoms in total. The third-order valence-electron chi connectivity index (χ3n) is 1.41. The SMILES string of the molecule is C1=NCC2=C1NNC2. The fourth-order valence-corrected chi connectivity index (χ4v) is 0.941. The van der Waals surface area contributed by atoms with Crippen molar-refractivity contribution in [2.75, 3.05) is 13.1 Å². The molecule has 2 rings (SSSR count). The lowest BCUT2D eigenvalue weighted by molar-refractivity contribution is 0.707. The standard InChI is InChI=1S/C5H7N3/c1-4-2-7-8-5(4)3-6-1/h3,7-8H,1-2H2. The van der Waals surface area contributed by atoms with E-state index in [4.69, 9.17) is 0 Å². The predicted molar refractivity (Wildman–Crippen MR) is 31.5 cm³/mol. The minimum Gasteiger partial charge on any atom is -0.320 e. The molecule has 0 unspecified atom stereocenters. The van der Waals surface area contributed by atoms with Gasteiger partial charge < -0.3 is 5.43 Å². The number of hydrogen-bond acceptors (Lipinski definition) is 3. The first kappa shape index (κ1) is 4.09. The van der Waals surface area contributed by atoms with Gasteiger partial charge in [-0.05, 0) is 5.57 Å². The average Bonchev–Trinajstić information content (AvgIpc) is 2.15. The van der Waals surface area contributed by atoms with Gasteiger partial charge in [-0.25, -0.2) is 5.43 Å². The number of allylic oxidation sites excluding steroid dienone is 1. The van der Waals surface area contributed by atoms with Gasteiger partial charge in [-0.15, -0.1) is 0 Å². The highest BCUT2D eigenvalue weighted by molar-refractivity contribution is 5.82.